The second kappa shape index (κ2) is 5.69. The third-order valence-electron chi connectivity index (χ3n) is 2.95. The molecule has 1 aliphatic rings. The summed E-state index contributed by atoms with van der Waals surface area (Å²) in [6, 6.07) is 5.97. The number of benzene rings is 1. The van der Waals surface area contributed by atoms with Gasteiger partial charge >= 0.3 is 6.36 Å². The predicted molar refractivity (Wildman–Crippen MR) is 64.2 cm³/mol. The summed E-state index contributed by atoms with van der Waals surface area (Å²) in [6.45, 7) is 2.98. The van der Waals surface area contributed by atoms with E-state index in [4.69, 9.17) is 4.74 Å². The van der Waals surface area contributed by atoms with E-state index in [1.54, 1.807) is 0 Å². The van der Waals surface area contributed by atoms with Gasteiger partial charge in [0.1, 0.15) is 17.6 Å². The summed E-state index contributed by atoms with van der Waals surface area (Å²) in [6.07, 6.45) is -2.67. The SMILES string of the molecule is CCNC1CC(Oc2ccc(OC(F)(F)F)cc2)C1. The van der Waals surface area contributed by atoms with Gasteiger partial charge in [-0.05, 0) is 43.7 Å². The summed E-state index contributed by atoms with van der Waals surface area (Å²) in [4.78, 5) is 0. The zero-order chi connectivity index (χ0) is 13.9. The number of ether oxygens (including phenoxy) is 2. The Morgan fingerprint density at radius 1 is 1.16 bits per heavy atom. The lowest BCUT2D eigenvalue weighted by Gasteiger charge is -2.35. The zero-order valence-corrected chi connectivity index (χ0v) is 10.5. The first-order valence-corrected chi connectivity index (χ1v) is 6.22. The molecule has 106 valence electrons. The van der Waals surface area contributed by atoms with Crippen molar-refractivity contribution in [2.45, 2.75) is 38.3 Å². The molecule has 0 heterocycles. The van der Waals surface area contributed by atoms with E-state index in [0.717, 1.165) is 19.4 Å². The van der Waals surface area contributed by atoms with Crippen LogP contribution in [0.15, 0.2) is 24.3 Å². The highest BCUT2D eigenvalue weighted by molar-refractivity contribution is 5.31. The van der Waals surface area contributed by atoms with Crippen LogP contribution in [0, 0.1) is 0 Å². The average molecular weight is 275 g/mol. The van der Waals surface area contributed by atoms with Crippen molar-refractivity contribution >= 4 is 0 Å². The van der Waals surface area contributed by atoms with E-state index in [2.05, 4.69) is 10.1 Å². The monoisotopic (exact) mass is 275 g/mol. The Kier molecular flexibility index (Phi) is 4.19. The normalized spacial score (nSPS) is 22.7. The number of rotatable bonds is 5. The molecule has 0 aromatic heterocycles. The molecule has 0 saturated heterocycles. The maximum atomic E-state index is 12.0. The van der Waals surface area contributed by atoms with Crippen LogP contribution in [-0.4, -0.2) is 25.1 Å². The van der Waals surface area contributed by atoms with Gasteiger partial charge in [-0.15, -0.1) is 13.2 Å². The van der Waals surface area contributed by atoms with E-state index in [1.165, 1.54) is 24.3 Å². The fourth-order valence-electron chi connectivity index (χ4n) is 2.03. The molecule has 0 amide bonds. The third kappa shape index (κ3) is 4.31. The lowest BCUT2D eigenvalue weighted by atomic mass is 9.89. The van der Waals surface area contributed by atoms with Gasteiger partial charge in [0.25, 0.3) is 0 Å². The number of halogens is 3. The summed E-state index contributed by atoms with van der Waals surface area (Å²) in [5, 5.41) is 3.31. The van der Waals surface area contributed by atoms with Gasteiger partial charge in [-0.3, -0.25) is 0 Å². The molecule has 0 aliphatic heterocycles. The van der Waals surface area contributed by atoms with Crippen molar-refractivity contribution in [1.82, 2.24) is 5.32 Å². The lowest BCUT2D eigenvalue weighted by Crippen LogP contribution is -2.46. The average Bonchev–Trinajstić information content (AvgIpc) is 2.27. The highest BCUT2D eigenvalue weighted by Gasteiger charge is 2.31. The van der Waals surface area contributed by atoms with Crippen molar-refractivity contribution in [2.75, 3.05) is 6.54 Å². The molecule has 1 N–H and O–H groups in total. The van der Waals surface area contributed by atoms with Crippen LogP contribution >= 0.6 is 0 Å². The maximum Gasteiger partial charge on any atom is 0.573 e. The van der Waals surface area contributed by atoms with Crippen molar-refractivity contribution in [1.29, 1.82) is 0 Å². The third-order valence-corrected chi connectivity index (χ3v) is 2.95. The minimum Gasteiger partial charge on any atom is -0.490 e. The molecule has 0 bridgehead atoms. The highest BCUT2D eigenvalue weighted by atomic mass is 19.4. The molecule has 1 saturated carbocycles. The second-order valence-electron chi connectivity index (χ2n) is 4.49. The van der Waals surface area contributed by atoms with E-state index in [-0.39, 0.29) is 11.9 Å². The number of nitrogens with one attached hydrogen (secondary N) is 1. The van der Waals surface area contributed by atoms with Crippen molar-refractivity contribution < 1.29 is 22.6 Å². The standard InChI is InChI=1S/C13H16F3NO2/c1-2-17-9-7-12(8-9)18-10-3-5-11(6-4-10)19-13(14,15)16/h3-6,9,12,17H,2,7-8H2,1H3. The topological polar surface area (TPSA) is 30.5 Å². The molecule has 1 aromatic carbocycles. The van der Waals surface area contributed by atoms with Crippen LogP contribution in [0.25, 0.3) is 0 Å². The summed E-state index contributed by atoms with van der Waals surface area (Å²) in [5.74, 6) is 0.327. The zero-order valence-electron chi connectivity index (χ0n) is 10.5. The molecule has 0 spiro atoms. The van der Waals surface area contributed by atoms with Crippen molar-refractivity contribution in [2.24, 2.45) is 0 Å². The van der Waals surface area contributed by atoms with Gasteiger partial charge in [-0.1, -0.05) is 6.92 Å². The van der Waals surface area contributed by atoms with Crippen LogP contribution in [0.3, 0.4) is 0 Å². The van der Waals surface area contributed by atoms with E-state index < -0.39 is 6.36 Å². The first kappa shape index (κ1) is 14.0. The predicted octanol–water partition coefficient (Wildman–Crippen LogP) is 3.10. The van der Waals surface area contributed by atoms with Gasteiger partial charge < -0.3 is 14.8 Å². The van der Waals surface area contributed by atoms with Gasteiger partial charge in [-0.2, -0.15) is 0 Å². The summed E-state index contributed by atoms with van der Waals surface area (Å²) in [7, 11) is 0. The van der Waals surface area contributed by atoms with Gasteiger partial charge in [0.15, 0.2) is 0 Å². The molecule has 19 heavy (non-hydrogen) atoms. The van der Waals surface area contributed by atoms with Gasteiger partial charge in [0.2, 0.25) is 0 Å². The van der Waals surface area contributed by atoms with Crippen LogP contribution in [0.5, 0.6) is 11.5 Å². The minimum atomic E-state index is -4.66. The largest absolute Gasteiger partial charge is 0.573 e. The Bertz CT molecular complexity index is 399. The van der Waals surface area contributed by atoms with Gasteiger partial charge in [-0.25, -0.2) is 0 Å². The molecule has 3 nitrogen and oxygen atoms in total. The molecular weight excluding hydrogens is 259 g/mol. The summed E-state index contributed by atoms with van der Waals surface area (Å²) >= 11 is 0. The Morgan fingerprint density at radius 2 is 1.74 bits per heavy atom. The van der Waals surface area contributed by atoms with Crippen molar-refractivity contribution in [3.8, 4) is 11.5 Å². The van der Waals surface area contributed by atoms with E-state index >= 15 is 0 Å². The van der Waals surface area contributed by atoms with Crippen molar-refractivity contribution in [3.63, 3.8) is 0 Å². The summed E-state index contributed by atoms with van der Waals surface area (Å²) in [5.41, 5.74) is 0. The fraction of sp³-hybridized carbons (Fsp3) is 0.538. The van der Waals surface area contributed by atoms with Crippen LogP contribution in [0.4, 0.5) is 13.2 Å². The molecule has 0 radical (unpaired) electrons. The Labute approximate surface area is 109 Å². The molecule has 6 heteroatoms. The fourth-order valence-corrected chi connectivity index (χ4v) is 2.03. The van der Waals surface area contributed by atoms with E-state index in [9.17, 15) is 13.2 Å². The smallest absolute Gasteiger partial charge is 0.490 e. The first-order chi connectivity index (χ1) is 8.96. The first-order valence-electron chi connectivity index (χ1n) is 6.22. The van der Waals surface area contributed by atoms with Crippen LogP contribution in [0.2, 0.25) is 0 Å². The van der Waals surface area contributed by atoms with E-state index in [0.29, 0.717) is 11.8 Å². The lowest BCUT2D eigenvalue weighted by molar-refractivity contribution is -0.274. The van der Waals surface area contributed by atoms with Crippen LogP contribution in [0.1, 0.15) is 19.8 Å². The van der Waals surface area contributed by atoms with E-state index in [1.807, 2.05) is 6.92 Å². The Hall–Kier alpha value is -1.43. The number of hydrogen-bond acceptors (Lipinski definition) is 3. The van der Waals surface area contributed by atoms with Crippen LogP contribution < -0.4 is 14.8 Å². The highest BCUT2D eigenvalue weighted by Crippen LogP contribution is 2.28. The molecule has 0 atom stereocenters. The molecule has 0 unspecified atom stereocenters. The molecule has 1 aromatic rings. The van der Waals surface area contributed by atoms with Gasteiger partial charge in [0, 0.05) is 6.04 Å². The Morgan fingerprint density at radius 3 is 2.26 bits per heavy atom. The number of hydrogen-bond donors (Lipinski definition) is 1. The van der Waals surface area contributed by atoms with Crippen molar-refractivity contribution in [3.05, 3.63) is 24.3 Å². The maximum absolute atomic E-state index is 12.0. The molecular formula is C13H16F3NO2. The second-order valence-corrected chi connectivity index (χ2v) is 4.49. The molecule has 1 aliphatic carbocycles. The molecule has 2 rings (SSSR count). The quantitative estimate of drug-likeness (QED) is 0.895. The van der Waals surface area contributed by atoms with Gasteiger partial charge in [0.05, 0.1) is 0 Å². The minimum absolute atomic E-state index is 0.137. The number of alkyl halides is 3. The Balaban J connectivity index is 1.80. The summed E-state index contributed by atoms with van der Waals surface area (Å²) < 4.78 is 45.3. The van der Waals surface area contributed by atoms with Crippen LogP contribution in [-0.2, 0) is 0 Å². The molecule has 1 fully saturated rings.